The number of likely N-dealkylation sites (tertiary alicyclic amines) is 1. The Morgan fingerprint density at radius 1 is 0.974 bits per heavy atom. The van der Waals surface area contributed by atoms with Crippen molar-refractivity contribution in [2.24, 2.45) is 4.99 Å². The molecule has 2 aromatic rings. The van der Waals surface area contributed by atoms with Gasteiger partial charge in [0.15, 0.2) is 0 Å². The van der Waals surface area contributed by atoms with Gasteiger partial charge >= 0.3 is 0 Å². The average molecular weight is 527 g/mol. The zero-order chi connectivity index (χ0) is 26.8. The minimum Gasteiger partial charge on any atom is -0.488 e. The number of nitrogens with zero attached hydrogens (tertiary/aromatic N) is 3. The Bertz CT molecular complexity index is 1320. The Morgan fingerprint density at radius 2 is 1.79 bits per heavy atom. The Morgan fingerprint density at radius 3 is 2.54 bits per heavy atom. The highest BCUT2D eigenvalue weighted by Gasteiger charge is 2.39. The van der Waals surface area contributed by atoms with Gasteiger partial charge in [0.25, 0.3) is 5.91 Å². The number of piperidine rings is 2. The molecule has 4 aliphatic heterocycles. The molecule has 1 N–H and O–H groups in total. The summed E-state index contributed by atoms with van der Waals surface area (Å²) in [6.07, 6.45) is 8.74. The van der Waals surface area contributed by atoms with E-state index in [0.717, 1.165) is 62.3 Å². The summed E-state index contributed by atoms with van der Waals surface area (Å²) < 4.78 is 5.91. The van der Waals surface area contributed by atoms with Crippen LogP contribution in [0.4, 0.5) is 0 Å². The van der Waals surface area contributed by atoms with Gasteiger partial charge < -0.3 is 9.64 Å². The highest BCUT2D eigenvalue weighted by Crippen LogP contribution is 2.34. The van der Waals surface area contributed by atoms with Gasteiger partial charge in [0.2, 0.25) is 11.8 Å². The second-order valence-corrected chi connectivity index (χ2v) is 10.9. The van der Waals surface area contributed by atoms with Crippen molar-refractivity contribution in [2.45, 2.75) is 63.6 Å². The smallest absolute Gasteiger partial charge is 0.255 e. The zero-order valence-electron chi connectivity index (χ0n) is 22.1. The maximum atomic E-state index is 13.0. The first-order valence-electron chi connectivity index (χ1n) is 14.0. The highest BCUT2D eigenvalue weighted by molar-refractivity contribution is 6.05. The standard InChI is InChI=1S/C31H34N4O4/c36-29-11-10-28(30(37)33-29)35-19-24-17-23(6-9-27(24)31(35)38)22-12-15-34(16-13-22)18-21-4-7-26(8-5-21)39-20-25-3-1-2-14-32-25/h2,4-9,14,17,22,28H,1,3,10-13,15-16,18-20H2,(H,33,36,37). The lowest BCUT2D eigenvalue weighted by atomic mass is 9.87. The molecule has 1 unspecified atom stereocenters. The van der Waals surface area contributed by atoms with Crippen LogP contribution in [0.2, 0.25) is 0 Å². The van der Waals surface area contributed by atoms with E-state index < -0.39 is 6.04 Å². The van der Waals surface area contributed by atoms with E-state index in [1.54, 1.807) is 4.90 Å². The van der Waals surface area contributed by atoms with Crippen LogP contribution in [0.1, 0.15) is 71.5 Å². The third kappa shape index (κ3) is 5.66. The minimum atomic E-state index is -0.571. The average Bonchev–Trinajstić information content (AvgIpc) is 3.29. The number of hydrogen-bond donors (Lipinski definition) is 1. The maximum Gasteiger partial charge on any atom is 0.255 e. The third-order valence-electron chi connectivity index (χ3n) is 8.30. The van der Waals surface area contributed by atoms with Crippen LogP contribution in [0.25, 0.3) is 0 Å². The Labute approximate surface area is 228 Å². The lowest BCUT2D eigenvalue weighted by Crippen LogP contribution is -2.52. The zero-order valence-corrected chi connectivity index (χ0v) is 22.1. The summed E-state index contributed by atoms with van der Waals surface area (Å²) in [5.74, 6) is 0.589. The monoisotopic (exact) mass is 526 g/mol. The number of aliphatic imine (C=N–C) groups is 1. The van der Waals surface area contributed by atoms with Crippen molar-refractivity contribution in [3.05, 3.63) is 77.0 Å². The maximum absolute atomic E-state index is 13.0. The predicted molar refractivity (Wildman–Crippen MR) is 147 cm³/mol. The van der Waals surface area contributed by atoms with Gasteiger partial charge in [0.05, 0.1) is 5.71 Å². The van der Waals surface area contributed by atoms with Gasteiger partial charge in [-0.2, -0.15) is 0 Å². The molecule has 0 bridgehead atoms. The fourth-order valence-electron chi connectivity index (χ4n) is 6.05. The van der Waals surface area contributed by atoms with Crippen molar-refractivity contribution in [2.75, 3.05) is 19.7 Å². The molecule has 1 atom stereocenters. The van der Waals surface area contributed by atoms with E-state index in [1.807, 2.05) is 24.4 Å². The Hall–Kier alpha value is -3.78. The first-order chi connectivity index (χ1) is 19.0. The molecule has 6 rings (SSSR count). The molecule has 0 radical (unpaired) electrons. The first-order valence-corrected chi connectivity index (χ1v) is 14.0. The van der Waals surface area contributed by atoms with Crippen LogP contribution in [-0.4, -0.2) is 59.0 Å². The van der Waals surface area contributed by atoms with Crippen LogP contribution >= 0.6 is 0 Å². The molecule has 4 heterocycles. The van der Waals surface area contributed by atoms with E-state index in [9.17, 15) is 14.4 Å². The molecule has 0 saturated carbocycles. The molecule has 0 spiro atoms. The third-order valence-corrected chi connectivity index (χ3v) is 8.30. The lowest BCUT2D eigenvalue weighted by molar-refractivity contribution is -0.136. The van der Waals surface area contributed by atoms with Crippen molar-refractivity contribution in [1.29, 1.82) is 0 Å². The van der Waals surface area contributed by atoms with Crippen LogP contribution in [-0.2, 0) is 22.7 Å². The molecular weight excluding hydrogens is 492 g/mol. The van der Waals surface area contributed by atoms with Crippen molar-refractivity contribution in [1.82, 2.24) is 15.1 Å². The van der Waals surface area contributed by atoms with Crippen LogP contribution in [0.5, 0.6) is 5.75 Å². The molecule has 8 nitrogen and oxygen atoms in total. The van der Waals surface area contributed by atoms with Crippen LogP contribution in [0.15, 0.2) is 59.7 Å². The summed E-state index contributed by atoms with van der Waals surface area (Å²) in [5.41, 5.74) is 5.30. The number of fused-ring (bicyclic) bond motifs is 1. The molecule has 0 aliphatic carbocycles. The molecule has 0 aromatic heterocycles. The van der Waals surface area contributed by atoms with Crippen molar-refractivity contribution >= 4 is 23.4 Å². The molecule has 8 heteroatoms. The van der Waals surface area contributed by atoms with E-state index in [4.69, 9.17) is 4.74 Å². The highest BCUT2D eigenvalue weighted by atomic mass is 16.5. The van der Waals surface area contributed by atoms with Gasteiger partial charge in [-0.15, -0.1) is 0 Å². The molecule has 202 valence electrons. The van der Waals surface area contributed by atoms with Gasteiger partial charge in [-0.05, 0) is 86.0 Å². The number of imide groups is 1. The Kier molecular flexibility index (Phi) is 7.28. The number of hydrogen-bond acceptors (Lipinski definition) is 6. The van der Waals surface area contributed by atoms with Crippen molar-refractivity contribution in [3.8, 4) is 5.75 Å². The SMILES string of the molecule is O=C1CCC(N2Cc3cc(C4CCN(Cc5ccc(OCC6=NC=CCC6)cc5)CC4)ccc3C2=O)C(=O)N1. The minimum absolute atomic E-state index is 0.114. The summed E-state index contributed by atoms with van der Waals surface area (Å²) in [5, 5.41) is 2.37. The predicted octanol–water partition coefficient (Wildman–Crippen LogP) is 3.95. The van der Waals surface area contributed by atoms with E-state index in [2.05, 4.69) is 45.6 Å². The summed E-state index contributed by atoms with van der Waals surface area (Å²) in [6.45, 7) is 3.94. The largest absolute Gasteiger partial charge is 0.488 e. The van der Waals surface area contributed by atoms with Crippen LogP contribution in [0, 0.1) is 0 Å². The number of benzene rings is 2. The van der Waals surface area contributed by atoms with Gasteiger partial charge in [0.1, 0.15) is 18.4 Å². The number of rotatable bonds is 7. The number of carbonyl (C=O) groups excluding carboxylic acids is 3. The lowest BCUT2D eigenvalue weighted by Gasteiger charge is -2.32. The van der Waals surface area contributed by atoms with E-state index in [1.165, 1.54) is 11.1 Å². The van der Waals surface area contributed by atoms with Gasteiger partial charge in [-0.25, -0.2) is 0 Å². The number of carbonyl (C=O) groups is 3. The fraction of sp³-hybridized carbons (Fsp3) is 0.419. The molecule has 2 aromatic carbocycles. The second kappa shape index (κ2) is 11.1. The fourth-order valence-corrected chi connectivity index (χ4v) is 6.05. The number of nitrogens with one attached hydrogen (secondary N) is 1. The number of allylic oxidation sites excluding steroid dienone is 1. The molecular formula is C31H34N4O4. The summed E-state index contributed by atoms with van der Waals surface area (Å²) in [4.78, 5) is 45.3. The second-order valence-electron chi connectivity index (χ2n) is 10.9. The summed E-state index contributed by atoms with van der Waals surface area (Å²) in [6, 6.07) is 14.0. The van der Waals surface area contributed by atoms with Crippen molar-refractivity contribution in [3.63, 3.8) is 0 Å². The van der Waals surface area contributed by atoms with Crippen LogP contribution in [0.3, 0.4) is 0 Å². The molecule has 3 amide bonds. The molecule has 4 aliphatic rings. The van der Waals surface area contributed by atoms with E-state index in [-0.39, 0.29) is 24.1 Å². The van der Waals surface area contributed by atoms with Crippen LogP contribution < -0.4 is 10.1 Å². The molecule has 2 fully saturated rings. The van der Waals surface area contributed by atoms with E-state index >= 15 is 0 Å². The Balaban J connectivity index is 1.01. The molecule has 2 saturated heterocycles. The molecule has 39 heavy (non-hydrogen) atoms. The van der Waals surface area contributed by atoms with Crippen molar-refractivity contribution < 1.29 is 19.1 Å². The van der Waals surface area contributed by atoms with Gasteiger partial charge in [-0.3, -0.25) is 29.6 Å². The van der Waals surface area contributed by atoms with Gasteiger partial charge in [0, 0.05) is 31.3 Å². The summed E-state index contributed by atoms with van der Waals surface area (Å²) >= 11 is 0. The topological polar surface area (TPSA) is 91.3 Å². The van der Waals surface area contributed by atoms with Gasteiger partial charge in [-0.1, -0.05) is 30.3 Å². The van der Waals surface area contributed by atoms with E-state index in [0.29, 0.717) is 31.1 Å². The quantitative estimate of drug-likeness (QED) is 0.552. The summed E-state index contributed by atoms with van der Waals surface area (Å²) in [7, 11) is 0. The normalized spacial score (nSPS) is 22.1. The first kappa shape index (κ1) is 25.5. The number of ether oxygens (including phenoxy) is 1. The number of amides is 3.